The molecular weight excluding hydrogens is 783 g/mol. The number of hydrogen-bond acceptors (Lipinski definition) is 5. The van der Waals surface area contributed by atoms with Gasteiger partial charge in [-0.1, -0.05) is 91.0 Å². The minimum atomic E-state index is 0.443. The van der Waals surface area contributed by atoms with Crippen LogP contribution < -0.4 is 0 Å². The molecule has 298 valence electrons. The average Bonchev–Trinajstić information content (AvgIpc) is 3.89. The molecule has 7 heteroatoms. The second kappa shape index (κ2) is 15.2. The number of aromatic nitrogens is 6. The Morgan fingerprint density at radius 3 is 1.28 bits per heavy atom. The van der Waals surface area contributed by atoms with Crippen molar-refractivity contribution in [3.8, 4) is 73.6 Å². The summed E-state index contributed by atoms with van der Waals surface area (Å²) >= 11 is 0. The summed E-state index contributed by atoms with van der Waals surface area (Å²) in [5, 5.41) is 16.1. The van der Waals surface area contributed by atoms with E-state index in [0.29, 0.717) is 33.8 Å². The first kappa shape index (κ1) is 36.8. The van der Waals surface area contributed by atoms with E-state index in [1.54, 1.807) is 18.6 Å². The van der Waals surface area contributed by atoms with E-state index in [4.69, 9.17) is 19.9 Å². The number of pyridine rings is 4. The fourth-order valence-corrected chi connectivity index (χ4v) is 9.53. The van der Waals surface area contributed by atoms with Gasteiger partial charge in [0.15, 0.2) is 0 Å². The summed E-state index contributed by atoms with van der Waals surface area (Å²) in [5.41, 5.74) is 14.5. The lowest BCUT2D eigenvalue weighted by molar-refractivity contribution is 1.16. The van der Waals surface area contributed by atoms with Crippen molar-refractivity contribution in [3.05, 3.63) is 218 Å². The molecule has 64 heavy (non-hydrogen) atoms. The van der Waals surface area contributed by atoms with Crippen molar-refractivity contribution >= 4 is 43.6 Å². The minimum Gasteiger partial charge on any atom is -0.309 e. The van der Waals surface area contributed by atoms with Crippen molar-refractivity contribution in [2.45, 2.75) is 0 Å². The molecule has 6 aromatic heterocycles. The second-order valence-electron chi connectivity index (χ2n) is 15.7. The lowest BCUT2D eigenvalue weighted by Gasteiger charge is -2.25. The normalized spacial score (nSPS) is 11.4. The summed E-state index contributed by atoms with van der Waals surface area (Å²) < 4.78 is 4.64. The van der Waals surface area contributed by atoms with Crippen LogP contribution in [0.1, 0.15) is 5.56 Å². The summed E-state index contributed by atoms with van der Waals surface area (Å²) in [4.78, 5) is 19.8. The van der Waals surface area contributed by atoms with Gasteiger partial charge in [-0.05, 0) is 108 Å². The second-order valence-corrected chi connectivity index (χ2v) is 15.7. The SMILES string of the molecule is N#Cc1c(-c2ccccn2)c(-c2ccccn2)c(-c2ccccn2)c(-n2c3ccccc3c3cc(-c4ccc5c(c4)c4ccccc4n5-c4ccccc4)ccc32)c1-c1ccccn1. The Kier molecular flexibility index (Phi) is 8.73. The maximum atomic E-state index is 11.5. The van der Waals surface area contributed by atoms with E-state index >= 15 is 0 Å². The van der Waals surface area contributed by atoms with Crippen molar-refractivity contribution in [1.82, 2.24) is 29.1 Å². The lowest BCUT2D eigenvalue weighted by atomic mass is 9.83. The number of nitrogens with zero attached hydrogens (tertiary/aromatic N) is 7. The van der Waals surface area contributed by atoms with Gasteiger partial charge in [-0.25, -0.2) is 0 Å². The molecule has 0 saturated heterocycles. The van der Waals surface area contributed by atoms with E-state index < -0.39 is 0 Å². The number of rotatable bonds is 7. The molecule has 12 aromatic rings. The van der Waals surface area contributed by atoms with Gasteiger partial charge in [-0.15, -0.1) is 0 Å². The van der Waals surface area contributed by atoms with Crippen LogP contribution in [-0.2, 0) is 0 Å². The Bertz CT molecular complexity index is 3760. The first-order chi connectivity index (χ1) is 31.8. The van der Waals surface area contributed by atoms with Crippen LogP contribution in [-0.4, -0.2) is 29.1 Å². The molecule has 0 bridgehead atoms. The maximum absolute atomic E-state index is 11.5. The van der Waals surface area contributed by atoms with Gasteiger partial charge in [0, 0.05) is 74.3 Å². The molecule has 7 nitrogen and oxygen atoms in total. The van der Waals surface area contributed by atoms with Crippen LogP contribution in [0.5, 0.6) is 0 Å². The van der Waals surface area contributed by atoms with E-state index in [-0.39, 0.29) is 0 Å². The predicted molar refractivity (Wildman–Crippen MR) is 258 cm³/mol. The third kappa shape index (κ3) is 5.82. The van der Waals surface area contributed by atoms with Crippen molar-refractivity contribution in [3.63, 3.8) is 0 Å². The number of benzene rings is 6. The highest BCUT2D eigenvalue weighted by Crippen LogP contribution is 2.51. The van der Waals surface area contributed by atoms with E-state index in [0.717, 1.165) is 66.6 Å². The zero-order valence-corrected chi connectivity index (χ0v) is 34.3. The molecule has 0 N–H and O–H groups in total. The van der Waals surface area contributed by atoms with Gasteiger partial charge in [0.1, 0.15) is 6.07 Å². The van der Waals surface area contributed by atoms with Crippen LogP contribution in [0, 0.1) is 11.3 Å². The fraction of sp³-hybridized carbons (Fsp3) is 0. The molecule has 0 aliphatic heterocycles. The van der Waals surface area contributed by atoms with Gasteiger partial charge in [-0.2, -0.15) is 5.26 Å². The molecule has 12 rings (SSSR count). The zero-order valence-electron chi connectivity index (χ0n) is 34.3. The third-order valence-corrected chi connectivity index (χ3v) is 12.2. The molecule has 0 unspecified atom stereocenters. The first-order valence-electron chi connectivity index (χ1n) is 21.2. The van der Waals surface area contributed by atoms with Gasteiger partial charge in [0.25, 0.3) is 0 Å². The van der Waals surface area contributed by atoms with Crippen LogP contribution in [0.3, 0.4) is 0 Å². The first-order valence-corrected chi connectivity index (χ1v) is 21.2. The molecule has 0 amide bonds. The Morgan fingerprint density at radius 2 is 0.766 bits per heavy atom. The summed E-state index contributed by atoms with van der Waals surface area (Å²) in [6.45, 7) is 0. The standard InChI is InChI=1S/C57H35N7/c58-36-44-53(45-20-8-12-30-59-45)55(47-22-10-14-32-61-47)56(48-23-11-15-33-62-48)57(54(44)46-21-9-13-31-60-46)64-50-25-7-5-19-41(50)43-35-38(27-29-52(43)64)37-26-28-51-42(34-37)40-18-4-6-24-49(40)63(51)39-16-2-1-3-17-39/h1-35H. The van der Waals surface area contributed by atoms with Crippen molar-refractivity contribution in [1.29, 1.82) is 5.26 Å². The zero-order chi connectivity index (χ0) is 42.6. The third-order valence-electron chi connectivity index (χ3n) is 12.2. The smallest absolute Gasteiger partial charge is 0.101 e. The molecule has 0 atom stereocenters. The van der Waals surface area contributed by atoms with Crippen molar-refractivity contribution < 1.29 is 0 Å². The number of hydrogen-bond donors (Lipinski definition) is 0. The van der Waals surface area contributed by atoms with Crippen LogP contribution in [0.15, 0.2) is 213 Å². The van der Waals surface area contributed by atoms with E-state index in [2.05, 4.69) is 130 Å². The van der Waals surface area contributed by atoms with Gasteiger partial charge < -0.3 is 9.13 Å². The highest BCUT2D eigenvalue weighted by Gasteiger charge is 2.32. The lowest BCUT2D eigenvalue weighted by Crippen LogP contribution is -2.09. The Balaban J connectivity index is 1.19. The highest BCUT2D eigenvalue weighted by atomic mass is 15.0. The topological polar surface area (TPSA) is 85.2 Å². The highest BCUT2D eigenvalue weighted by molar-refractivity contribution is 6.15. The minimum absolute atomic E-state index is 0.443. The molecule has 6 aromatic carbocycles. The summed E-state index contributed by atoms with van der Waals surface area (Å²) in [6.07, 6.45) is 7.14. The average molecular weight is 818 g/mol. The molecule has 0 radical (unpaired) electrons. The Morgan fingerprint density at radius 1 is 0.344 bits per heavy atom. The van der Waals surface area contributed by atoms with Crippen molar-refractivity contribution in [2.75, 3.05) is 0 Å². The maximum Gasteiger partial charge on any atom is 0.101 e. The Labute approximate surface area is 368 Å². The molecule has 0 fully saturated rings. The van der Waals surface area contributed by atoms with Crippen LogP contribution in [0.2, 0.25) is 0 Å². The quantitative estimate of drug-likeness (QED) is 0.160. The van der Waals surface area contributed by atoms with Gasteiger partial charge in [0.05, 0.1) is 56.1 Å². The molecule has 6 heterocycles. The van der Waals surface area contributed by atoms with E-state index in [9.17, 15) is 5.26 Å². The molecular formula is C57H35N7. The summed E-state index contributed by atoms with van der Waals surface area (Å²) in [7, 11) is 0. The molecule has 0 saturated carbocycles. The van der Waals surface area contributed by atoms with Crippen LogP contribution in [0.25, 0.3) is 111 Å². The Hall–Kier alpha value is -8.99. The number of nitriles is 1. The van der Waals surface area contributed by atoms with Crippen molar-refractivity contribution in [2.24, 2.45) is 0 Å². The summed E-state index contributed by atoms with van der Waals surface area (Å²) in [5.74, 6) is 0. The van der Waals surface area contributed by atoms with Crippen LogP contribution in [0.4, 0.5) is 0 Å². The van der Waals surface area contributed by atoms with E-state index in [1.165, 1.54) is 16.3 Å². The predicted octanol–water partition coefficient (Wildman–Crippen LogP) is 13.7. The van der Waals surface area contributed by atoms with Gasteiger partial charge in [0.2, 0.25) is 0 Å². The monoisotopic (exact) mass is 817 g/mol. The molecule has 0 aliphatic rings. The number of fused-ring (bicyclic) bond motifs is 6. The largest absolute Gasteiger partial charge is 0.309 e. The fourth-order valence-electron chi connectivity index (χ4n) is 9.53. The molecule has 0 aliphatic carbocycles. The van der Waals surface area contributed by atoms with E-state index in [1.807, 2.05) is 79.0 Å². The molecule has 0 spiro atoms. The summed E-state index contributed by atoms with van der Waals surface area (Å²) in [6, 6.07) is 67.3. The number of para-hydroxylation sites is 3. The van der Waals surface area contributed by atoms with Gasteiger partial charge >= 0.3 is 0 Å². The van der Waals surface area contributed by atoms with Crippen LogP contribution >= 0.6 is 0 Å². The van der Waals surface area contributed by atoms with Gasteiger partial charge in [-0.3, -0.25) is 19.9 Å².